The first-order valence-corrected chi connectivity index (χ1v) is 4.73. The number of aromatic amines is 1. The van der Waals surface area contributed by atoms with Crippen molar-refractivity contribution in [3.05, 3.63) is 29.6 Å². The van der Waals surface area contributed by atoms with Crippen LogP contribution in [0.15, 0.2) is 12.7 Å². The zero-order chi connectivity index (χ0) is 9.87. The van der Waals surface area contributed by atoms with E-state index in [0.29, 0.717) is 23.4 Å². The third kappa shape index (κ3) is 0.737. The second-order valence-corrected chi connectivity index (χ2v) is 4.04. The van der Waals surface area contributed by atoms with Crippen molar-refractivity contribution in [2.75, 3.05) is 0 Å². The summed E-state index contributed by atoms with van der Waals surface area (Å²) in [5, 5.41) is 6.87. The Hall–Kier alpha value is -1.58. The number of carbonyl (C=O) groups excluding carboxylic acids is 1. The number of fused-ring (bicyclic) bond motifs is 3. The minimum atomic E-state index is -0.432. The van der Waals surface area contributed by atoms with Gasteiger partial charge in [0.15, 0.2) is 5.69 Å². The van der Waals surface area contributed by atoms with Crippen molar-refractivity contribution in [1.82, 2.24) is 10.2 Å². The largest absolute Gasteiger partial charge is 0.364 e. The molecule has 0 radical (unpaired) electrons. The smallest absolute Gasteiger partial charge is 0.269 e. The Bertz CT molecular complexity index is 435. The van der Waals surface area contributed by atoms with Crippen molar-refractivity contribution in [3.63, 3.8) is 0 Å². The fraction of sp³-hybridized carbons (Fsp3) is 0.400. The molecule has 0 saturated heterocycles. The topological polar surface area (TPSA) is 71.8 Å². The van der Waals surface area contributed by atoms with E-state index in [1.165, 1.54) is 0 Å². The SMILES string of the molecule is C=C[C@H]1[C@@H]2Cc3c(C(N)=O)n[nH]c3[C@H]12. The van der Waals surface area contributed by atoms with Gasteiger partial charge in [-0.3, -0.25) is 9.89 Å². The number of allylic oxidation sites excluding steroid dienone is 1. The van der Waals surface area contributed by atoms with Gasteiger partial charge in [-0.2, -0.15) is 5.10 Å². The normalized spacial score (nSPS) is 32.1. The zero-order valence-corrected chi connectivity index (χ0v) is 7.66. The summed E-state index contributed by atoms with van der Waals surface area (Å²) in [6, 6.07) is 0. The molecule has 4 heteroatoms. The molecule has 1 heterocycles. The lowest BCUT2D eigenvalue weighted by atomic mass is 10.1. The number of amides is 1. The molecule has 0 aliphatic heterocycles. The van der Waals surface area contributed by atoms with Crippen LogP contribution in [-0.4, -0.2) is 16.1 Å². The number of rotatable bonds is 2. The number of primary amides is 1. The second-order valence-electron chi connectivity index (χ2n) is 4.04. The van der Waals surface area contributed by atoms with Gasteiger partial charge in [0.25, 0.3) is 5.91 Å². The van der Waals surface area contributed by atoms with Gasteiger partial charge in [-0.1, -0.05) is 6.08 Å². The van der Waals surface area contributed by atoms with Crippen LogP contribution in [0, 0.1) is 11.8 Å². The third-order valence-electron chi connectivity index (χ3n) is 3.41. The quantitative estimate of drug-likeness (QED) is 0.668. The maximum Gasteiger partial charge on any atom is 0.269 e. The number of nitrogens with zero attached hydrogens (tertiary/aromatic N) is 1. The van der Waals surface area contributed by atoms with Crippen molar-refractivity contribution < 1.29 is 4.79 Å². The average Bonchev–Trinajstić information content (AvgIpc) is 2.55. The molecule has 2 aliphatic carbocycles. The fourth-order valence-electron chi connectivity index (χ4n) is 2.69. The molecule has 1 saturated carbocycles. The maximum absolute atomic E-state index is 11.0. The number of nitrogens with one attached hydrogen (secondary N) is 1. The highest BCUT2D eigenvalue weighted by Gasteiger charge is 2.56. The summed E-state index contributed by atoms with van der Waals surface area (Å²) in [4.78, 5) is 11.0. The molecule has 0 bridgehead atoms. The summed E-state index contributed by atoms with van der Waals surface area (Å²) >= 11 is 0. The Morgan fingerprint density at radius 1 is 1.71 bits per heavy atom. The molecule has 0 aromatic carbocycles. The molecule has 1 fully saturated rings. The molecule has 72 valence electrons. The predicted octanol–water partition coefficient (Wildman–Crippen LogP) is 0.580. The van der Waals surface area contributed by atoms with Crippen molar-refractivity contribution in [2.45, 2.75) is 12.3 Å². The Balaban J connectivity index is 2.02. The molecule has 0 unspecified atom stereocenters. The van der Waals surface area contributed by atoms with Crippen LogP contribution in [0.2, 0.25) is 0 Å². The minimum Gasteiger partial charge on any atom is -0.364 e. The van der Waals surface area contributed by atoms with E-state index in [0.717, 1.165) is 17.7 Å². The van der Waals surface area contributed by atoms with Gasteiger partial charge in [-0.05, 0) is 18.3 Å². The van der Waals surface area contributed by atoms with Crippen LogP contribution in [0.3, 0.4) is 0 Å². The van der Waals surface area contributed by atoms with Crippen LogP contribution in [0.1, 0.15) is 27.7 Å². The van der Waals surface area contributed by atoms with Gasteiger partial charge < -0.3 is 5.73 Å². The fourth-order valence-corrected chi connectivity index (χ4v) is 2.69. The maximum atomic E-state index is 11.0. The van der Waals surface area contributed by atoms with Gasteiger partial charge >= 0.3 is 0 Å². The molecule has 3 atom stereocenters. The second kappa shape index (κ2) is 2.26. The Morgan fingerprint density at radius 3 is 3.14 bits per heavy atom. The molecule has 3 rings (SSSR count). The van der Waals surface area contributed by atoms with E-state index in [2.05, 4.69) is 16.8 Å². The summed E-state index contributed by atoms with van der Waals surface area (Å²) in [5.74, 6) is 1.29. The first-order valence-electron chi connectivity index (χ1n) is 4.73. The number of aromatic nitrogens is 2. The van der Waals surface area contributed by atoms with E-state index in [4.69, 9.17) is 5.73 Å². The molecule has 3 N–H and O–H groups in total. The molecular formula is C10H11N3O. The average molecular weight is 189 g/mol. The molecule has 1 aromatic rings. The summed E-state index contributed by atoms with van der Waals surface area (Å²) in [6.45, 7) is 3.79. The van der Waals surface area contributed by atoms with E-state index in [1.54, 1.807) is 0 Å². The molecule has 0 spiro atoms. The Kier molecular flexibility index (Phi) is 1.26. The number of H-pyrrole nitrogens is 1. The zero-order valence-electron chi connectivity index (χ0n) is 7.66. The predicted molar refractivity (Wildman–Crippen MR) is 50.7 cm³/mol. The van der Waals surface area contributed by atoms with Crippen LogP contribution >= 0.6 is 0 Å². The van der Waals surface area contributed by atoms with E-state index in [9.17, 15) is 4.79 Å². The van der Waals surface area contributed by atoms with Gasteiger partial charge in [-0.25, -0.2) is 0 Å². The number of carbonyl (C=O) groups is 1. The monoisotopic (exact) mass is 189 g/mol. The highest BCUT2D eigenvalue weighted by Crippen LogP contribution is 2.61. The lowest BCUT2D eigenvalue weighted by Gasteiger charge is -1.98. The lowest BCUT2D eigenvalue weighted by Crippen LogP contribution is -2.14. The summed E-state index contributed by atoms with van der Waals surface area (Å²) < 4.78 is 0. The highest BCUT2D eigenvalue weighted by molar-refractivity contribution is 5.93. The van der Waals surface area contributed by atoms with E-state index in [1.807, 2.05) is 6.08 Å². The van der Waals surface area contributed by atoms with Crippen LogP contribution in [0.5, 0.6) is 0 Å². The van der Waals surface area contributed by atoms with E-state index in [-0.39, 0.29) is 0 Å². The molecular weight excluding hydrogens is 178 g/mol. The standard InChI is InChI=1S/C10H11N3O/c1-2-4-5-3-6-8(7(4)5)12-13-9(6)10(11)14/h2,4-5,7H,1,3H2,(H2,11,14)(H,12,13)/t4-,5-,7+/m0/s1. The van der Waals surface area contributed by atoms with E-state index < -0.39 is 5.91 Å². The molecule has 1 amide bonds. The van der Waals surface area contributed by atoms with Crippen molar-refractivity contribution in [1.29, 1.82) is 0 Å². The molecule has 1 aromatic heterocycles. The van der Waals surface area contributed by atoms with Crippen LogP contribution in [0.4, 0.5) is 0 Å². The Labute approximate surface area is 81.2 Å². The Morgan fingerprint density at radius 2 is 2.50 bits per heavy atom. The van der Waals surface area contributed by atoms with Crippen molar-refractivity contribution >= 4 is 5.91 Å². The first kappa shape index (κ1) is 7.79. The van der Waals surface area contributed by atoms with Crippen LogP contribution < -0.4 is 5.73 Å². The molecule has 2 aliphatic rings. The third-order valence-corrected chi connectivity index (χ3v) is 3.41. The summed E-state index contributed by atoms with van der Waals surface area (Å²) in [6.07, 6.45) is 2.91. The summed E-state index contributed by atoms with van der Waals surface area (Å²) in [7, 11) is 0. The van der Waals surface area contributed by atoms with Gasteiger partial charge in [-0.15, -0.1) is 6.58 Å². The van der Waals surface area contributed by atoms with Crippen molar-refractivity contribution in [3.8, 4) is 0 Å². The number of hydrogen-bond donors (Lipinski definition) is 2. The van der Waals surface area contributed by atoms with Gasteiger partial charge in [0.2, 0.25) is 0 Å². The van der Waals surface area contributed by atoms with E-state index >= 15 is 0 Å². The van der Waals surface area contributed by atoms with Gasteiger partial charge in [0.05, 0.1) is 0 Å². The molecule has 14 heavy (non-hydrogen) atoms. The lowest BCUT2D eigenvalue weighted by molar-refractivity contribution is 0.0994. The highest BCUT2D eigenvalue weighted by atomic mass is 16.1. The number of nitrogens with two attached hydrogens (primary N) is 1. The first-order chi connectivity index (χ1) is 6.74. The van der Waals surface area contributed by atoms with Gasteiger partial charge in [0.1, 0.15) is 0 Å². The van der Waals surface area contributed by atoms with Gasteiger partial charge in [0, 0.05) is 17.2 Å². The summed E-state index contributed by atoms with van der Waals surface area (Å²) in [5.41, 5.74) is 7.78. The van der Waals surface area contributed by atoms with Crippen LogP contribution in [0.25, 0.3) is 0 Å². The number of hydrogen-bond acceptors (Lipinski definition) is 2. The molecule has 4 nitrogen and oxygen atoms in total. The minimum absolute atomic E-state index is 0.426. The van der Waals surface area contributed by atoms with Crippen molar-refractivity contribution in [2.24, 2.45) is 17.6 Å². The van der Waals surface area contributed by atoms with Crippen LogP contribution in [-0.2, 0) is 6.42 Å².